The van der Waals surface area contributed by atoms with Gasteiger partial charge in [-0.3, -0.25) is 0 Å². The SMILES string of the molecule is CCCC(NC)C(C)c1cccc(F)c1F. The van der Waals surface area contributed by atoms with Gasteiger partial charge in [-0.05, 0) is 31.0 Å². The van der Waals surface area contributed by atoms with Crippen LogP contribution in [0.15, 0.2) is 18.2 Å². The topological polar surface area (TPSA) is 12.0 Å². The van der Waals surface area contributed by atoms with Crippen LogP contribution in [0.25, 0.3) is 0 Å². The van der Waals surface area contributed by atoms with Crippen LogP contribution < -0.4 is 5.32 Å². The minimum Gasteiger partial charge on any atom is -0.316 e. The Labute approximate surface area is 95.9 Å². The Hall–Kier alpha value is -0.960. The third-order valence-corrected chi connectivity index (χ3v) is 3.05. The Kier molecular flexibility index (Phi) is 4.87. The molecule has 0 fully saturated rings. The van der Waals surface area contributed by atoms with Gasteiger partial charge in [0.25, 0.3) is 0 Å². The highest BCUT2D eigenvalue weighted by Gasteiger charge is 2.20. The van der Waals surface area contributed by atoms with Crippen LogP contribution in [-0.4, -0.2) is 13.1 Å². The summed E-state index contributed by atoms with van der Waals surface area (Å²) in [5.74, 6) is -1.51. The summed E-state index contributed by atoms with van der Waals surface area (Å²) in [5, 5.41) is 3.16. The van der Waals surface area contributed by atoms with Gasteiger partial charge in [-0.25, -0.2) is 8.78 Å². The minimum atomic E-state index is -0.768. The molecule has 1 rings (SSSR count). The predicted octanol–water partition coefficient (Wildman–Crippen LogP) is 3.46. The molecule has 0 aliphatic heterocycles. The normalized spacial score (nSPS) is 14.8. The zero-order valence-corrected chi connectivity index (χ0v) is 10.1. The van der Waals surface area contributed by atoms with Gasteiger partial charge in [0.05, 0.1) is 0 Å². The molecule has 1 aromatic carbocycles. The average molecular weight is 227 g/mol. The first-order valence-corrected chi connectivity index (χ1v) is 5.73. The van der Waals surface area contributed by atoms with E-state index < -0.39 is 11.6 Å². The highest BCUT2D eigenvalue weighted by molar-refractivity contribution is 5.23. The third-order valence-electron chi connectivity index (χ3n) is 3.05. The summed E-state index contributed by atoms with van der Waals surface area (Å²) in [4.78, 5) is 0. The van der Waals surface area contributed by atoms with Gasteiger partial charge >= 0.3 is 0 Å². The van der Waals surface area contributed by atoms with Crippen LogP contribution in [0.1, 0.15) is 38.2 Å². The number of hydrogen-bond acceptors (Lipinski definition) is 1. The summed E-state index contributed by atoms with van der Waals surface area (Å²) < 4.78 is 26.7. The smallest absolute Gasteiger partial charge is 0.162 e. The third kappa shape index (κ3) is 2.79. The fraction of sp³-hybridized carbons (Fsp3) is 0.538. The fourth-order valence-electron chi connectivity index (χ4n) is 2.04. The number of nitrogens with one attached hydrogen (secondary N) is 1. The van der Waals surface area contributed by atoms with Crippen molar-refractivity contribution < 1.29 is 8.78 Å². The molecule has 90 valence electrons. The number of benzene rings is 1. The standard InChI is InChI=1S/C13H19F2N/c1-4-6-12(16-3)9(2)10-7-5-8-11(14)13(10)15/h5,7-9,12,16H,4,6H2,1-3H3. The van der Waals surface area contributed by atoms with E-state index in [1.165, 1.54) is 0 Å². The molecule has 0 aromatic heterocycles. The Bertz CT molecular complexity index is 339. The van der Waals surface area contributed by atoms with Crippen LogP contribution >= 0.6 is 0 Å². The second-order valence-corrected chi connectivity index (χ2v) is 4.12. The van der Waals surface area contributed by atoms with Crippen LogP contribution in [0, 0.1) is 11.6 Å². The van der Waals surface area contributed by atoms with Gasteiger partial charge in [-0.2, -0.15) is 0 Å². The van der Waals surface area contributed by atoms with Crippen molar-refractivity contribution in [3.63, 3.8) is 0 Å². The lowest BCUT2D eigenvalue weighted by Gasteiger charge is -2.24. The van der Waals surface area contributed by atoms with Crippen LogP contribution in [0.5, 0.6) is 0 Å². The molecule has 1 aromatic rings. The molecule has 0 aliphatic rings. The van der Waals surface area contributed by atoms with Gasteiger partial charge in [0.2, 0.25) is 0 Å². The predicted molar refractivity (Wildman–Crippen MR) is 62.5 cm³/mol. The molecule has 2 atom stereocenters. The molecule has 1 nitrogen and oxygen atoms in total. The van der Waals surface area contributed by atoms with Crippen molar-refractivity contribution >= 4 is 0 Å². The van der Waals surface area contributed by atoms with Crippen molar-refractivity contribution in [1.29, 1.82) is 0 Å². The van der Waals surface area contributed by atoms with Crippen molar-refractivity contribution in [2.45, 2.75) is 38.6 Å². The molecule has 0 saturated heterocycles. The van der Waals surface area contributed by atoms with E-state index in [0.29, 0.717) is 5.56 Å². The molecule has 0 saturated carbocycles. The van der Waals surface area contributed by atoms with E-state index in [2.05, 4.69) is 12.2 Å². The second kappa shape index (κ2) is 5.94. The lowest BCUT2D eigenvalue weighted by atomic mass is 9.90. The maximum absolute atomic E-state index is 13.6. The Morgan fingerprint density at radius 2 is 2.00 bits per heavy atom. The lowest BCUT2D eigenvalue weighted by Crippen LogP contribution is -2.31. The van der Waals surface area contributed by atoms with Crippen LogP contribution in [0.2, 0.25) is 0 Å². The van der Waals surface area contributed by atoms with E-state index in [1.54, 1.807) is 12.1 Å². The summed E-state index contributed by atoms with van der Waals surface area (Å²) >= 11 is 0. The van der Waals surface area contributed by atoms with Crippen molar-refractivity contribution in [3.8, 4) is 0 Å². The van der Waals surface area contributed by atoms with Gasteiger partial charge in [0.15, 0.2) is 11.6 Å². The van der Waals surface area contributed by atoms with E-state index >= 15 is 0 Å². The summed E-state index contributed by atoms with van der Waals surface area (Å²) in [5.41, 5.74) is 0.452. The average Bonchev–Trinajstić information content (AvgIpc) is 2.29. The van der Waals surface area contributed by atoms with Gasteiger partial charge < -0.3 is 5.32 Å². The highest BCUT2D eigenvalue weighted by Crippen LogP contribution is 2.25. The number of rotatable bonds is 5. The van der Waals surface area contributed by atoms with Crippen molar-refractivity contribution in [2.24, 2.45) is 0 Å². The first-order valence-electron chi connectivity index (χ1n) is 5.73. The van der Waals surface area contributed by atoms with Gasteiger partial charge in [-0.15, -0.1) is 0 Å². The van der Waals surface area contributed by atoms with Crippen molar-refractivity contribution in [2.75, 3.05) is 7.05 Å². The quantitative estimate of drug-likeness (QED) is 0.812. The highest BCUT2D eigenvalue weighted by atomic mass is 19.2. The van der Waals surface area contributed by atoms with Crippen LogP contribution in [0.4, 0.5) is 8.78 Å². The second-order valence-electron chi connectivity index (χ2n) is 4.12. The van der Waals surface area contributed by atoms with E-state index in [-0.39, 0.29) is 12.0 Å². The first kappa shape index (κ1) is 13.1. The minimum absolute atomic E-state index is 0.0272. The zero-order valence-electron chi connectivity index (χ0n) is 10.1. The molecule has 0 radical (unpaired) electrons. The molecule has 16 heavy (non-hydrogen) atoms. The number of likely N-dealkylation sites (N-methyl/N-ethyl adjacent to an activating group) is 1. The summed E-state index contributed by atoms with van der Waals surface area (Å²) in [6, 6.07) is 4.55. The van der Waals surface area contributed by atoms with Gasteiger partial charge in [-0.1, -0.05) is 32.4 Å². The Balaban J connectivity index is 2.94. The molecule has 0 bridgehead atoms. The van der Waals surface area contributed by atoms with Gasteiger partial charge in [0.1, 0.15) is 0 Å². The molecule has 2 unspecified atom stereocenters. The lowest BCUT2D eigenvalue weighted by molar-refractivity contribution is 0.425. The zero-order chi connectivity index (χ0) is 12.1. The van der Waals surface area contributed by atoms with Crippen LogP contribution in [0.3, 0.4) is 0 Å². The summed E-state index contributed by atoms with van der Waals surface area (Å²) in [7, 11) is 1.86. The fourth-order valence-corrected chi connectivity index (χ4v) is 2.04. The molecule has 1 N–H and O–H groups in total. The monoisotopic (exact) mass is 227 g/mol. The maximum Gasteiger partial charge on any atom is 0.162 e. The molecule has 0 spiro atoms. The van der Waals surface area contributed by atoms with E-state index in [1.807, 2.05) is 14.0 Å². The van der Waals surface area contributed by atoms with Gasteiger partial charge in [0, 0.05) is 6.04 Å². The maximum atomic E-state index is 13.6. The molecule has 3 heteroatoms. The van der Waals surface area contributed by atoms with E-state index in [4.69, 9.17) is 0 Å². The van der Waals surface area contributed by atoms with Crippen molar-refractivity contribution in [3.05, 3.63) is 35.4 Å². The molecular formula is C13H19F2N. The Morgan fingerprint density at radius 3 is 2.56 bits per heavy atom. The molecular weight excluding hydrogens is 208 g/mol. The molecule has 0 aliphatic carbocycles. The Morgan fingerprint density at radius 1 is 1.31 bits per heavy atom. The number of hydrogen-bond donors (Lipinski definition) is 1. The van der Waals surface area contributed by atoms with E-state index in [0.717, 1.165) is 18.9 Å². The largest absolute Gasteiger partial charge is 0.316 e. The number of halogens is 2. The van der Waals surface area contributed by atoms with Crippen LogP contribution in [-0.2, 0) is 0 Å². The molecule has 0 amide bonds. The first-order chi connectivity index (χ1) is 7.61. The van der Waals surface area contributed by atoms with E-state index in [9.17, 15) is 8.78 Å². The van der Waals surface area contributed by atoms with Crippen molar-refractivity contribution in [1.82, 2.24) is 5.32 Å². The molecule has 0 heterocycles. The summed E-state index contributed by atoms with van der Waals surface area (Å²) in [6.07, 6.45) is 1.97. The summed E-state index contributed by atoms with van der Waals surface area (Å²) in [6.45, 7) is 4.01.